The Labute approximate surface area is 135 Å². The molecule has 0 saturated carbocycles. The fourth-order valence-electron chi connectivity index (χ4n) is 2.39. The van der Waals surface area contributed by atoms with Crippen LogP contribution in [-0.4, -0.2) is 34.4 Å². The van der Waals surface area contributed by atoms with Crippen LogP contribution in [0.4, 0.5) is 0 Å². The van der Waals surface area contributed by atoms with Crippen LogP contribution in [0.1, 0.15) is 29.8 Å². The van der Waals surface area contributed by atoms with Gasteiger partial charge in [-0.05, 0) is 32.0 Å². The zero-order valence-electron chi connectivity index (χ0n) is 13.6. The van der Waals surface area contributed by atoms with Crippen molar-refractivity contribution < 1.29 is 14.3 Å². The van der Waals surface area contributed by atoms with Gasteiger partial charge < -0.3 is 14.6 Å². The molecule has 1 atom stereocenters. The van der Waals surface area contributed by atoms with Gasteiger partial charge in [-0.2, -0.15) is 0 Å². The summed E-state index contributed by atoms with van der Waals surface area (Å²) in [5.74, 6) is 0.451. The number of carbonyl (C=O) groups is 2. The quantitative estimate of drug-likeness (QED) is 0.791. The number of ether oxygens (including phenoxy) is 1. The Kier molecular flexibility index (Phi) is 5.51. The topological polar surface area (TPSA) is 73.2 Å². The van der Waals surface area contributed by atoms with Crippen molar-refractivity contribution in [1.82, 2.24) is 14.9 Å². The molecule has 23 heavy (non-hydrogen) atoms. The summed E-state index contributed by atoms with van der Waals surface area (Å²) < 4.78 is 7.17. The Balaban J connectivity index is 2.01. The SMILES string of the molecule is COc1ccc(C(C)=O)cc1CC(=O)N[C@H](C)Cn1ccnc1. The number of carbonyl (C=O) groups excluding carboxylic acids is 2. The van der Waals surface area contributed by atoms with Gasteiger partial charge in [-0.3, -0.25) is 9.59 Å². The fraction of sp³-hybridized carbons (Fsp3) is 0.353. The standard InChI is InChI=1S/C17H21N3O3/c1-12(10-20-7-6-18-11-20)19-17(22)9-15-8-14(13(2)21)4-5-16(15)23-3/h4-8,11-12H,9-10H2,1-3H3,(H,19,22)/t12-/m1/s1. The van der Waals surface area contributed by atoms with E-state index in [-0.39, 0.29) is 24.2 Å². The van der Waals surface area contributed by atoms with Gasteiger partial charge in [-0.1, -0.05) is 0 Å². The average molecular weight is 315 g/mol. The number of hydrogen-bond acceptors (Lipinski definition) is 4. The van der Waals surface area contributed by atoms with E-state index in [0.29, 0.717) is 23.4 Å². The number of benzene rings is 1. The number of nitrogens with one attached hydrogen (secondary N) is 1. The van der Waals surface area contributed by atoms with Crippen molar-refractivity contribution in [3.63, 3.8) is 0 Å². The molecule has 0 saturated heterocycles. The lowest BCUT2D eigenvalue weighted by Gasteiger charge is -2.15. The maximum absolute atomic E-state index is 12.2. The molecule has 6 nitrogen and oxygen atoms in total. The van der Waals surface area contributed by atoms with Gasteiger partial charge in [0.25, 0.3) is 0 Å². The number of Topliss-reactive ketones (excluding diaryl/α,β-unsaturated/α-hetero) is 1. The number of methoxy groups -OCH3 is 1. The molecule has 0 bridgehead atoms. The van der Waals surface area contributed by atoms with E-state index in [2.05, 4.69) is 10.3 Å². The third kappa shape index (κ3) is 4.67. The Morgan fingerprint density at radius 3 is 2.78 bits per heavy atom. The molecule has 0 radical (unpaired) electrons. The molecule has 0 aliphatic heterocycles. The van der Waals surface area contributed by atoms with Gasteiger partial charge in [-0.25, -0.2) is 4.98 Å². The minimum absolute atomic E-state index is 0.0290. The summed E-state index contributed by atoms with van der Waals surface area (Å²) in [6.45, 7) is 4.08. The summed E-state index contributed by atoms with van der Waals surface area (Å²) in [6.07, 6.45) is 5.43. The van der Waals surface area contributed by atoms with Gasteiger partial charge in [0.2, 0.25) is 5.91 Å². The third-order valence-corrected chi connectivity index (χ3v) is 3.49. The minimum Gasteiger partial charge on any atom is -0.496 e. The maximum atomic E-state index is 12.2. The van der Waals surface area contributed by atoms with Gasteiger partial charge in [0.05, 0.1) is 19.9 Å². The molecule has 1 N–H and O–H groups in total. The molecule has 0 unspecified atom stereocenters. The normalized spacial score (nSPS) is 11.8. The van der Waals surface area contributed by atoms with Crippen molar-refractivity contribution >= 4 is 11.7 Å². The molecule has 1 amide bonds. The lowest BCUT2D eigenvalue weighted by molar-refractivity contribution is -0.121. The van der Waals surface area contributed by atoms with Gasteiger partial charge >= 0.3 is 0 Å². The molecular formula is C17H21N3O3. The number of ketones is 1. The molecule has 2 rings (SSSR count). The van der Waals surface area contributed by atoms with E-state index in [0.717, 1.165) is 0 Å². The van der Waals surface area contributed by atoms with Gasteiger partial charge in [0, 0.05) is 36.1 Å². The first-order valence-electron chi connectivity index (χ1n) is 7.42. The zero-order chi connectivity index (χ0) is 16.8. The molecule has 0 aliphatic carbocycles. The summed E-state index contributed by atoms with van der Waals surface area (Å²) in [4.78, 5) is 27.7. The molecule has 1 aromatic heterocycles. The van der Waals surface area contributed by atoms with E-state index in [1.165, 1.54) is 6.92 Å². The largest absolute Gasteiger partial charge is 0.496 e. The molecule has 0 spiro atoms. The summed E-state index contributed by atoms with van der Waals surface area (Å²) in [6, 6.07) is 5.10. The molecule has 1 aromatic carbocycles. The third-order valence-electron chi connectivity index (χ3n) is 3.49. The molecule has 1 heterocycles. The highest BCUT2D eigenvalue weighted by Crippen LogP contribution is 2.21. The molecular weight excluding hydrogens is 294 g/mol. The first-order valence-corrected chi connectivity index (χ1v) is 7.42. The van der Waals surface area contributed by atoms with Crippen LogP contribution in [0.2, 0.25) is 0 Å². The van der Waals surface area contributed by atoms with Crippen molar-refractivity contribution in [3.8, 4) is 5.75 Å². The molecule has 2 aromatic rings. The second-order valence-electron chi connectivity index (χ2n) is 5.49. The highest BCUT2D eigenvalue weighted by atomic mass is 16.5. The lowest BCUT2D eigenvalue weighted by Crippen LogP contribution is -2.36. The first kappa shape index (κ1) is 16.7. The summed E-state index contributed by atoms with van der Waals surface area (Å²) in [5.41, 5.74) is 1.27. The Hall–Kier alpha value is -2.63. The predicted molar refractivity (Wildman–Crippen MR) is 86.5 cm³/mol. The van der Waals surface area contributed by atoms with Crippen molar-refractivity contribution in [1.29, 1.82) is 0 Å². The Bertz CT molecular complexity index is 680. The lowest BCUT2D eigenvalue weighted by atomic mass is 10.0. The van der Waals surface area contributed by atoms with Crippen molar-refractivity contribution in [3.05, 3.63) is 48.0 Å². The van der Waals surface area contributed by atoms with Crippen LogP contribution in [0.15, 0.2) is 36.9 Å². The summed E-state index contributed by atoms with van der Waals surface area (Å²) >= 11 is 0. The number of aromatic nitrogens is 2. The highest BCUT2D eigenvalue weighted by Gasteiger charge is 2.13. The fourth-order valence-corrected chi connectivity index (χ4v) is 2.39. The van der Waals surface area contributed by atoms with E-state index < -0.39 is 0 Å². The van der Waals surface area contributed by atoms with Crippen LogP contribution in [0, 0.1) is 0 Å². The van der Waals surface area contributed by atoms with Crippen LogP contribution in [0.25, 0.3) is 0 Å². The summed E-state index contributed by atoms with van der Waals surface area (Å²) in [5, 5.41) is 2.94. The van der Waals surface area contributed by atoms with E-state index >= 15 is 0 Å². The van der Waals surface area contributed by atoms with Gasteiger partial charge in [0.15, 0.2) is 5.78 Å². The number of imidazole rings is 1. The number of amides is 1. The van der Waals surface area contributed by atoms with Gasteiger partial charge in [0.1, 0.15) is 5.75 Å². The van der Waals surface area contributed by atoms with Gasteiger partial charge in [-0.15, -0.1) is 0 Å². The number of hydrogen-bond donors (Lipinski definition) is 1. The number of nitrogens with zero attached hydrogens (tertiary/aromatic N) is 2. The highest BCUT2D eigenvalue weighted by molar-refractivity contribution is 5.94. The van der Waals surface area contributed by atoms with Crippen molar-refractivity contribution in [2.24, 2.45) is 0 Å². The second-order valence-corrected chi connectivity index (χ2v) is 5.49. The van der Waals surface area contributed by atoms with E-state index in [1.54, 1.807) is 37.8 Å². The molecule has 122 valence electrons. The molecule has 0 fully saturated rings. The van der Waals surface area contributed by atoms with Crippen molar-refractivity contribution in [2.75, 3.05) is 7.11 Å². The van der Waals surface area contributed by atoms with Crippen LogP contribution in [-0.2, 0) is 17.8 Å². The minimum atomic E-state index is -0.114. The van der Waals surface area contributed by atoms with Crippen LogP contribution >= 0.6 is 0 Å². The number of rotatable bonds is 7. The maximum Gasteiger partial charge on any atom is 0.224 e. The molecule has 0 aliphatic rings. The van der Waals surface area contributed by atoms with E-state index in [9.17, 15) is 9.59 Å². The average Bonchev–Trinajstić information content (AvgIpc) is 2.99. The van der Waals surface area contributed by atoms with E-state index in [4.69, 9.17) is 4.74 Å². The smallest absolute Gasteiger partial charge is 0.224 e. The molecule has 6 heteroatoms. The van der Waals surface area contributed by atoms with Crippen molar-refractivity contribution in [2.45, 2.75) is 32.9 Å². The monoisotopic (exact) mass is 315 g/mol. The van der Waals surface area contributed by atoms with Crippen LogP contribution in [0.3, 0.4) is 0 Å². The summed E-state index contributed by atoms with van der Waals surface area (Å²) in [7, 11) is 1.55. The Morgan fingerprint density at radius 1 is 1.39 bits per heavy atom. The second kappa shape index (κ2) is 7.58. The van der Waals surface area contributed by atoms with E-state index in [1.807, 2.05) is 17.7 Å². The zero-order valence-corrected chi connectivity index (χ0v) is 13.6. The first-order chi connectivity index (χ1) is 11.0. The van der Waals surface area contributed by atoms with Crippen LogP contribution < -0.4 is 10.1 Å². The van der Waals surface area contributed by atoms with Crippen LogP contribution in [0.5, 0.6) is 5.75 Å². The predicted octanol–water partition coefficient (Wildman–Crippen LogP) is 1.84. The Morgan fingerprint density at radius 2 is 2.17 bits per heavy atom.